The van der Waals surface area contributed by atoms with Crippen LogP contribution in [0.5, 0.6) is 0 Å². The van der Waals surface area contributed by atoms with Crippen LogP contribution in [0.3, 0.4) is 0 Å². The van der Waals surface area contributed by atoms with Crippen LogP contribution in [0.15, 0.2) is 0 Å². The third-order valence-corrected chi connectivity index (χ3v) is 6.61. The summed E-state index contributed by atoms with van der Waals surface area (Å²) < 4.78 is 0. The Balaban J connectivity index is 2.02. The van der Waals surface area contributed by atoms with E-state index >= 15 is 0 Å². The van der Waals surface area contributed by atoms with E-state index in [-0.39, 0.29) is 23.2 Å². The standard InChI is InChI=1S/C15H22O4/c1-8-4-13(8,7-11(16)17)15(6-10(15)3)14(12(18)19)5-9(14)2/h8-10H,4-7H2,1-3H3,(H,16,17)(H,18,19). The molecule has 3 fully saturated rings. The molecule has 2 N–H and O–H groups in total. The van der Waals surface area contributed by atoms with E-state index < -0.39 is 17.4 Å². The lowest BCUT2D eigenvalue weighted by Crippen LogP contribution is -2.39. The molecule has 0 aromatic rings. The molecule has 6 atom stereocenters. The first-order chi connectivity index (χ1) is 8.74. The van der Waals surface area contributed by atoms with Crippen molar-refractivity contribution in [2.45, 2.75) is 46.5 Å². The lowest BCUT2D eigenvalue weighted by atomic mass is 9.67. The number of rotatable bonds is 5. The van der Waals surface area contributed by atoms with Gasteiger partial charge in [-0.1, -0.05) is 20.8 Å². The lowest BCUT2D eigenvalue weighted by molar-refractivity contribution is -0.152. The highest BCUT2D eigenvalue weighted by Gasteiger charge is 2.86. The summed E-state index contributed by atoms with van der Waals surface area (Å²) in [5, 5.41) is 19.0. The van der Waals surface area contributed by atoms with Gasteiger partial charge in [-0.2, -0.15) is 0 Å². The van der Waals surface area contributed by atoms with Gasteiger partial charge < -0.3 is 10.2 Å². The molecule has 0 radical (unpaired) electrons. The van der Waals surface area contributed by atoms with E-state index in [1.54, 1.807) is 0 Å². The number of carboxylic acid groups (broad SMARTS) is 2. The minimum absolute atomic E-state index is 0.139. The van der Waals surface area contributed by atoms with Crippen LogP contribution < -0.4 is 0 Å². The van der Waals surface area contributed by atoms with Gasteiger partial charge in [-0.3, -0.25) is 9.59 Å². The molecule has 19 heavy (non-hydrogen) atoms. The van der Waals surface area contributed by atoms with Gasteiger partial charge in [0.25, 0.3) is 0 Å². The van der Waals surface area contributed by atoms with Gasteiger partial charge in [0.2, 0.25) is 0 Å². The number of aliphatic carboxylic acids is 2. The van der Waals surface area contributed by atoms with E-state index in [4.69, 9.17) is 0 Å². The van der Waals surface area contributed by atoms with Crippen LogP contribution in [-0.4, -0.2) is 22.2 Å². The van der Waals surface area contributed by atoms with Crippen molar-refractivity contribution in [3.05, 3.63) is 0 Å². The van der Waals surface area contributed by atoms with Crippen molar-refractivity contribution < 1.29 is 19.8 Å². The predicted molar refractivity (Wildman–Crippen MR) is 68.5 cm³/mol. The molecule has 3 saturated carbocycles. The number of carboxylic acids is 2. The topological polar surface area (TPSA) is 74.6 Å². The third-order valence-electron chi connectivity index (χ3n) is 6.61. The minimum atomic E-state index is -0.781. The smallest absolute Gasteiger partial charge is 0.310 e. The van der Waals surface area contributed by atoms with Crippen LogP contribution in [0.1, 0.15) is 46.5 Å². The van der Waals surface area contributed by atoms with Crippen molar-refractivity contribution >= 4 is 11.9 Å². The second-order valence-electron chi connectivity index (χ2n) is 7.29. The number of hydrogen-bond donors (Lipinski definition) is 2. The fraction of sp³-hybridized carbons (Fsp3) is 0.867. The molecule has 3 rings (SSSR count). The van der Waals surface area contributed by atoms with Crippen molar-refractivity contribution in [2.24, 2.45) is 34.0 Å². The summed E-state index contributed by atoms with van der Waals surface area (Å²) in [6.07, 6.45) is 2.63. The van der Waals surface area contributed by atoms with E-state index in [1.807, 2.05) is 6.92 Å². The minimum Gasteiger partial charge on any atom is -0.481 e. The highest BCUT2D eigenvalue weighted by atomic mass is 16.4. The molecule has 0 aromatic carbocycles. The fourth-order valence-electron chi connectivity index (χ4n) is 5.50. The zero-order chi connectivity index (χ0) is 14.2. The highest BCUT2D eigenvalue weighted by molar-refractivity contribution is 5.82. The molecule has 3 aliphatic carbocycles. The Labute approximate surface area is 113 Å². The van der Waals surface area contributed by atoms with Gasteiger partial charge >= 0.3 is 11.9 Å². The Kier molecular flexibility index (Phi) is 2.27. The maximum Gasteiger partial charge on any atom is 0.310 e. The van der Waals surface area contributed by atoms with E-state index in [9.17, 15) is 19.8 Å². The Morgan fingerprint density at radius 1 is 1.00 bits per heavy atom. The SMILES string of the molecule is CC1CC1(CC(=O)O)C1(C2(C(=O)O)CC2C)CC1C. The molecule has 106 valence electrons. The predicted octanol–water partition coefficient (Wildman–Crippen LogP) is 2.62. The molecule has 0 bridgehead atoms. The van der Waals surface area contributed by atoms with Crippen molar-refractivity contribution in [2.75, 3.05) is 0 Å². The monoisotopic (exact) mass is 266 g/mol. The van der Waals surface area contributed by atoms with Crippen molar-refractivity contribution in [3.63, 3.8) is 0 Å². The summed E-state index contributed by atoms with van der Waals surface area (Å²) >= 11 is 0. The van der Waals surface area contributed by atoms with Gasteiger partial charge in [-0.25, -0.2) is 0 Å². The van der Waals surface area contributed by atoms with Gasteiger partial charge in [0.1, 0.15) is 0 Å². The second-order valence-corrected chi connectivity index (χ2v) is 7.29. The quantitative estimate of drug-likeness (QED) is 0.802. The summed E-state index contributed by atoms with van der Waals surface area (Å²) in [5.74, 6) is -0.603. The largest absolute Gasteiger partial charge is 0.481 e. The molecule has 0 aliphatic heterocycles. The first-order valence-electron chi connectivity index (χ1n) is 7.20. The van der Waals surface area contributed by atoms with Gasteiger partial charge in [-0.05, 0) is 47.8 Å². The Bertz CT molecular complexity index is 473. The summed E-state index contributed by atoms with van der Waals surface area (Å²) in [5.41, 5.74) is -1.17. The van der Waals surface area contributed by atoms with Crippen LogP contribution in [-0.2, 0) is 9.59 Å². The summed E-state index contributed by atoms with van der Waals surface area (Å²) in [6, 6.07) is 0. The molecule has 6 unspecified atom stereocenters. The molecule has 0 spiro atoms. The van der Waals surface area contributed by atoms with E-state index in [2.05, 4.69) is 13.8 Å². The van der Waals surface area contributed by atoms with Gasteiger partial charge in [0.15, 0.2) is 0 Å². The van der Waals surface area contributed by atoms with Crippen LogP contribution in [0.2, 0.25) is 0 Å². The molecule has 0 saturated heterocycles. The Morgan fingerprint density at radius 2 is 1.47 bits per heavy atom. The Morgan fingerprint density at radius 3 is 1.68 bits per heavy atom. The van der Waals surface area contributed by atoms with E-state index in [0.717, 1.165) is 19.3 Å². The third kappa shape index (κ3) is 1.25. The molecule has 0 amide bonds. The molecule has 0 aromatic heterocycles. The van der Waals surface area contributed by atoms with Gasteiger partial charge in [0, 0.05) is 0 Å². The second kappa shape index (κ2) is 3.33. The average Bonchev–Trinajstić information content (AvgIpc) is 3.16. The molecular formula is C15H22O4. The molecule has 4 heteroatoms. The first-order valence-corrected chi connectivity index (χ1v) is 7.20. The van der Waals surface area contributed by atoms with Crippen molar-refractivity contribution in [3.8, 4) is 0 Å². The summed E-state index contributed by atoms with van der Waals surface area (Å²) in [6.45, 7) is 6.19. The molecular weight excluding hydrogens is 244 g/mol. The normalized spacial score (nSPS) is 54.6. The van der Waals surface area contributed by atoms with Crippen molar-refractivity contribution in [1.82, 2.24) is 0 Å². The molecule has 0 heterocycles. The molecule has 3 aliphatic rings. The summed E-state index contributed by atoms with van der Waals surface area (Å²) in [4.78, 5) is 23.1. The van der Waals surface area contributed by atoms with Crippen LogP contribution in [0.25, 0.3) is 0 Å². The fourth-order valence-corrected chi connectivity index (χ4v) is 5.50. The Hall–Kier alpha value is -1.06. The highest BCUT2D eigenvalue weighted by Crippen LogP contribution is 2.88. The lowest BCUT2D eigenvalue weighted by Gasteiger charge is -2.34. The van der Waals surface area contributed by atoms with Gasteiger partial charge in [0.05, 0.1) is 11.8 Å². The van der Waals surface area contributed by atoms with Crippen LogP contribution in [0, 0.1) is 34.0 Å². The first kappa shape index (κ1) is 12.9. The van der Waals surface area contributed by atoms with Crippen LogP contribution >= 0.6 is 0 Å². The van der Waals surface area contributed by atoms with Crippen LogP contribution in [0.4, 0.5) is 0 Å². The van der Waals surface area contributed by atoms with E-state index in [0.29, 0.717) is 11.8 Å². The van der Waals surface area contributed by atoms with E-state index in [1.165, 1.54) is 0 Å². The van der Waals surface area contributed by atoms with Gasteiger partial charge in [-0.15, -0.1) is 0 Å². The van der Waals surface area contributed by atoms with Crippen molar-refractivity contribution in [1.29, 1.82) is 0 Å². The summed E-state index contributed by atoms with van der Waals surface area (Å²) in [7, 11) is 0. The maximum atomic E-state index is 11.8. The maximum absolute atomic E-state index is 11.8. The molecule has 4 nitrogen and oxygen atoms in total. The number of carbonyl (C=O) groups is 2. The zero-order valence-corrected chi connectivity index (χ0v) is 11.8. The number of hydrogen-bond acceptors (Lipinski definition) is 2. The zero-order valence-electron chi connectivity index (χ0n) is 11.8. The average molecular weight is 266 g/mol.